The SMILES string of the molecule is CCC(OC)OCCOCCN(C)C. The second-order valence-electron chi connectivity index (χ2n) is 3.36. The molecular formula is C10H23NO3. The van der Waals surface area contributed by atoms with E-state index in [1.165, 1.54) is 0 Å². The molecule has 0 heterocycles. The normalized spacial score (nSPS) is 13.5. The molecule has 0 aliphatic heterocycles. The topological polar surface area (TPSA) is 30.9 Å². The average molecular weight is 205 g/mol. The molecule has 14 heavy (non-hydrogen) atoms. The van der Waals surface area contributed by atoms with Crippen LogP contribution in [0.1, 0.15) is 13.3 Å². The third-order valence-electron chi connectivity index (χ3n) is 1.81. The Labute approximate surface area is 87.1 Å². The van der Waals surface area contributed by atoms with Gasteiger partial charge in [-0.3, -0.25) is 0 Å². The van der Waals surface area contributed by atoms with E-state index < -0.39 is 0 Å². The van der Waals surface area contributed by atoms with Crippen molar-refractivity contribution >= 4 is 0 Å². The zero-order chi connectivity index (χ0) is 10.8. The van der Waals surface area contributed by atoms with Crippen LogP contribution in [0, 0.1) is 0 Å². The van der Waals surface area contributed by atoms with Crippen LogP contribution in [0.4, 0.5) is 0 Å². The number of rotatable bonds is 9. The summed E-state index contributed by atoms with van der Waals surface area (Å²) in [6, 6.07) is 0. The largest absolute Gasteiger partial charge is 0.378 e. The molecule has 0 fully saturated rings. The van der Waals surface area contributed by atoms with Crippen LogP contribution >= 0.6 is 0 Å². The zero-order valence-electron chi connectivity index (χ0n) is 9.78. The minimum absolute atomic E-state index is 0.0903. The van der Waals surface area contributed by atoms with Crippen molar-refractivity contribution in [1.82, 2.24) is 4.90 Å². The molecule has 1 unspecified atom stereocenters. The molecule has 86 valence electrons. The highest BCUT2D eigenvalue weighted by Crippen LogP contribution is 1.97. The lowest BCUT2D eigenvalue weighted by Gasteiger charge is -2.14. The number of nitrogens with zero attached hydrogens (tertiary/aromatic N) is 1. The summed E-state index contributed by atoms with van der Waals surface area (Å²) >= 11 is 0. The van der Waals surface area contributed by atoms with Crippen molar-refractivity contribution in [3.8, 4) is 0 Å². The Bertz CT molecular complexity index is 116. The molecule has 1 atom stereocenters. The molecule has 0 aliphatic carbocycles. The summed E-state index contributed by atoms with van der Waals surface area (Å²) in [6.07, 6.45) is 0.779. The van der Waals surface area contributed by atoms with Crippen molar-refractivity contribution in [3.05, 3.63) is 0 Å². The van der Waals surface area contributed by atoms with E-state index >= 15 is 0 Å². The van der Waals surface area contributed by atoms with Crippen LogP contribution in [0.25, 0.3) is 0 Å². The number of likely N-dealkylation sites (N-methyl/N-ethyl adjacent to an activating group) is 1. The summed E-state index contributed by atoms with van der Waals surface area (Å²) < 4.78 is 15.8. The first-order valence-electron chi connectivity index (χ1n) is 5.07. The van der Waals surface area contributed by atoms with Crippen LogP contribution in [-0.4, -0.2) is 58.8 Å². The molecule has 0 aromatic carbocycles. The van der Waals surface area contributed by atoms with E-state index in [1.54, 1.807) is 7.11 Å². The maximum Gasteiger partial charge on any atom is 0.157 e. The van der Waals surface area contributed by atoms with Crippen molar-refractivity contribution < 1.29 is 14.2 Å². The molecule has 0 radical (unpaired) electrons. The van der Waals surface area contributed by atoms with Gasteiger partial charge in [0, 0.05) is 13.7 Å². The predicted octanol–water partition coefficient (Wildman–Crippen LogP) is 0.964. The number of hydrogen-bond donors (Lipinski definition) is 0. The van der Waals surface area contributed by atoms with E-state index in [0.717, 1.165) is 19.6 Å². The standard InChI is InChI=1S/C10H23NO3/c1-5-10(12-4)14-9-8-13-7-6-11(2)3/h10H,5-9H2,1-4H3. The third kappa shape index (κ3) is 8.44. The molecule has 0 spiro atoms. The molecule has 0 saturated heterocycles. The first kappa shape index (κ1) is 13.8. The third-order valence-corrected chi connectivity index (χ3v) is 1.81. The van der Waals surface area contributed by atoms with E-state index in [4.69, 9.17) is 14.2 Å². The van der Waals surface area contributed by atoms with Gasteiger partial charge in [0.2, 0.25) is 0 Å². The van der Waals surface area contributed by atoms with Gasteiger partial charge in [0.1, 0.15) is 0 Å². The maximum atomic E-state index is 5.39. The van der Waals surface area contributed by atoms with Gasteiger partial charge in [-0.2, -0.15) is 0 Å². The molecule has 4 nitrogen and oxygen atoms in total. The number of methoxy groups -OCH3 is 1. The molecule has 0 rings (SSSR count). The Balaban J connectivity index is 3.12. The van der Waals surface area contributed by atoms with Gasteiger partial charge in [0.05, 0.1) is 19.8 Å². The highest BCUT2D eigenvalue weighted by molar-refractivity contribution is 4.41. The Morgan fingerprint density at radius 1 is 1.14 bits per heavy atom. The van der Waals surface area contributed by atoms with Gasteiger partial charge in [0.25, 0.3) is 0 Å². The Morgan fingerprint density at radius 3 is 2.36 bits per heavy atom. The fourth-order valence-electron chi connectivity index (χ4n) is 0.940. The first-order chi connectivity index (χ1) is 6.70. The lowest BCUT2D eigenvalue weighted by atomic mass is 10.5. The van der Waals surface area contributed by atoms with Crippen molar-refractivity contribution in [2.75, 3.05) is 47.6 Å². The molecule has 0 aromatic heterocycles. The van der Waals surface area contributed by atoms with Crippen LogP contribution in [0.15, 0.2) is 0 Å². The fraction of sp³-hybridized carbons (Fsp3) is 1.00. The second kappa shape index (κ2) is 9.40. The van der Waals surface area contributed by atoms with E-state index in [2.05, 4.69) is 4.90 Å². The van der Waals surface area contributed by atoms with Crippen molar-refractivity contribution in [1.29, 1.82) is 0 Å². The van der Waals surface area contributed by atoms with Crippen molar-refractivity contribution in [2.45, 2.75) is 19.6 Å². The number of hydrogen-bond acceptors (Lipinski definition) is 4. The Hall–Kier alpha value is -0.160. The number of ether oxygens (including phenoxy) is 3. The second-order valence-corrected chi connectivity index (χ2v) is 3.36. The smallest absolute Gasteiger partial charge is 0.157 e. The summed E-state index contributed by atoms with van der Waals surface area (Å²) in [6.45, 7) is 4.95. The monoisotopic (exact) mass is 205 g/mol. The first-order valence-corrected chi connectivity index (χ1v) is 5.07. The van der Waals surface area contributed by atoms with Crippen LogP contribution < -0.4 is 0 Å². The molecule has 0 saturated carbocycles. The molecule has 0 amide bonds. The van der Waals surface area contributed by atoms with Gasteiger partial charge < -0.3 is 19.1 Å². The minimum Gasteiger partial charge on any atom is -0.378 e. The van der Waals surface area contributed by atoms with Crippen LogP contribution in [0.5, 0.6) is 0 Å². The minimum atomic E-state index is -0.0903. The van der Waals surface area contributed by atoms with Crippen molar-refractivity contribution in [3.63, 3.8) is 0 Å². The molecule has 4 heteroatoms. The van der Waals surface area contributed by atoms with Gasteiger partial charge in [-0.1, -0.05) is 6.92 Å². The fourth-order valence-corrected chi connectivity index (χ4v) is 0.940. The summed E-state index contributed by atoms with van der Waals surface area (Å²) in [7, 11) is 5.71. The Morgan fingerprint density at radius 2 is 1.86 bits per heavy atom. The molecule has 0 N–H and O–H groups in total. The van der Waals surface area contributed by atoms with E-state index in [1.807, 2.05) is 21.0 Å². The van der Waals surface area contributed by atoms with Gasteiger partial charge in [-0.15, -0.1) is 0 Å². The molecule has 0 aromatic rings. The summed E-state index contributed by atoms with van der Waals surface area (Å²) in [5.41, 5.74) is 0. The summed E-state index contributed by atoms with van der Waals surface area (Å²) in [4.78, 5) is 2.09. The van der Waals surface area contributed by atoms with E-state index in [9.17, 15) is 0 Å². The quantitative estimate of drug-likeness (QED) is 0.414. The highest BCUT2D eigenvalue weighted by atomic mass is 16.7. The molecular weight excluding hydrogens is 182 g/mol. The molecule has 0 aliphatic rings. The highest BCUT2D eigenvalue weighted by Gasteiger charge is 2.02. The van der Waals surface area contributed by atoms with Crippen LogP contribution in [-0.2, 0) is 14.2 Å². The molecule has 0 bridgehead atoms. The zero-order valence-corrected chi connectivity index (χ0v) is 9.78. The van der Waals surface area contributed by atoms with Gasteiger partial charge in [0.15, 0.2) is 6.29 Å². The van der Waals surface area contributed by atoms with Crippen molar-refractivity contribution in [2.24, 2.45) is 0 Å². The van der Waals surface area contributed by atoms with E-state index in [-0.39, 0.29) is 6.29 Å². The summed E-state index contributed by atoms with van der Waals surface area (Å²) in [5.74, 6) is 0. The van der Waals surface area contributed by atoms with Gasteiger partial charge in [-0.05, 0) is 20.5 Å². The predicted molar refractivity (Wildman–Crippen MR) is 56.4 cm³/mol. The van der Waals surface area contributed by atoms with Crippen LogP contribution in [0.2, 0.25) is 0 Å². The van der Waals surface area contributed by atoms with E-state index in [0.29, 0.717) is 13.2 Å². The van der Waals surface area contributed by atoms with Gasteiger partial charge in [-0.25, -0.2) is 0 Å². The van der Waals surface area contributed by atoms with Gasteiger partial charge >= 0.3 is 0 Å². The average Bonchev–Trinajstić information content (AvgIpc) is 2.16. The lowest BCUT2D eigenvalue weighted by Crippen LogP contribution is -2.21. The lowest BCUT2D eigenvalue weighted by molar-refractivity contribution is -0.134. The summed E-state index contributed by atoms with van der Waals surface area (Å²) in [5, 5.41) is 0. The Kier molecular flexibility index (Phi) is 9.29. The van der Waals surface area contributed by atoms with Crippen LogP contribution in [0.3, 0.4) is 0 Å². The maximum absolute atomic E-state index is 5.39.